The monoisotopic (exact) mass is 478 g/mol. The van der Waals surface area contributed by atoms with Gasteiger partial charge in [-0.1, -0.05) is 39.2 Å². The van der Waals surface area contributed by atoms with Crippen LogP contribution in [0.2, 0.25) is 0 Å². The van der Waals surface area contributed by atoms with Crippen molar-refractivity contribution in [1.82, 2.24) is 15.5 Å². The number of nitrogens with zero attached hydrogens (tertiary/aromatic N) is 2. The highest BCUT2D eigenvalue weighted by Gasteiger charge is 2.32. The van der Waals surface area contributed by atoms with Crippen LogP contribution in [0.3, 0.4) is 0 Å². The van der Waals surface area contributed by atoms with Gasteiger partial charge in [0.05, 0.1) is 17.9 Å². The van der Waals surface area contributed by atoms with Gasteiger partial charge in [0.1, 0.15) is 0 Å². The molecule has 9 heteroatoms. The van der Waals surface area contributed by atoms with Gasteiger partial charge < -0.3 is 15.4 Å². The Kier molecular flexibility index (Phi) is 9.27. The van der Waals surface area contributed by atoms with E-state index in [4.69, 9.17) is 4.74 Å². The first-order valence-corrected chi connectivity index (χ1v) is 12.0. The van der Waals surface area contributed by atoms with Crippen LogP contribution in [0.25, 0.3) is 11.3 Å². The third kappa shape index (κ3) is 6.46. The van der Waals surface area contributed by atoms with Crippen molar-refractivity contribution >= 4 is 12.2 Å². The molecule has 0 unspecified atom stereocenters. The molecule has 0 bridgehead atoms. The van der Waals surface area contributed by atoms with Gasteiger partial charge in [-0.05, 0) is 48.9 Å². The first kappa shape index (κ1) is 25.9. The van der Waals surface area contributed by atoms with Crippen LogP contribution in [-0.4, -0.2) is 29.3 Å². The Balaban J connectivity index is 2.07. The lowest BCUT2D eigenvalue weighted by atomic mass is 9.94. The van der Waals surface area contributed by atoms with Gasteiger partial charge in [0.15, 0.2) is 5.82 Å². The highest BCUT2D eigenvalue weighted by atomic mass is 19.4. The topological polar surface area (TPSA) is 76.1 Å². The van der Waals surface area contributed by atoms with Gasteiger partial charge in [-0.3, -0.25) is 4.79 Å². The number of rotatable bonds is 10. The van der Waals surface area contributed by atoms with E-state index in [1.807, 2.05) is 0 Å². The van der Waals surface area contributed by atoms with E-state index in [-0.39, 0.29) is 19.2 Å². The minimum absolute atomic E-state index is 0.0671. The van der Waals surface area contributed by atoms with Crippen molar-refractivity contribution in [2.45, 2.75) is 84.2 Å². The van der Waals surface area contributed by atoms with Gasteiger partial charge in [0, 0.05) is 30.3 Å². The largest absolute Gasteiger partial charge is 0.416 e. The molecule has 6 nitrogen and oxygen atoms in total. The number of carbonyl (C=O) groups excluding carboxylic acids is 1. The van der Waals surface area contributed by atoms with Crippen molar-refractivity contribution in [3.8, 4) is 11.3 Å². The van der Waals surface area contributed by atoms with Gasteiger partial charge >= 0.3 is 6.18 Å². The van der Waals surface area contributed by atoms with E-state index in [1.165, 1.54) is 6.07 Å². The summed E-state index contributed by atoms with van der Waals surface area (Å²) in [5.74, 6) is 0.616. The fourth-order valence-electron chi connectivity index (χ4n) is 4.31. The summed E-state index contributed by atoms with van der Waals surface area (Å²) in [6.45, 7) is 5.02. The molecule has 0 saturated heterocycles. The van der Waals surface area contributed by atoms with Crippen LogP contribution in [0.1, 0.15) is 74.6 Å². The minimum Gasteiger partial charge on any atom is -0.377 e. The Morgan fingerprint density at radius 2 is 2.03 bits per heavy atom. The molecule has 1 atom stereocenters. The van der Waals surface area contributed by atoms with Crippen LogP contribution >= 0.6 is 0 Å². The lowest BCUT2D eigenvalue weighted by molar-refractivity contribution is -0.137. The molecule has 0 fully saturated rings. The van der Waals surface area contributed by atoms with Crippen molar-refractivity contribution in [3.05, 3.63) is 40.5 Å². The summed E-state index contributed by atoms with van der Waals surface area (Å²) in [6, 6.07) is 3.86. The quantitative estimate of drug-likeness (QED) is 0.341. The van der Waals surface area contributed by atoms with E-state index in [1.54, 1.807) is 0 Å². The number of nitrogens with one attached hydrogen (secondary N) is 2. The van der Waals surface area contributed by atoms with Crippen molar-refractivity contribution < 1.29 is 22.7 Å². The number of benzene rings is 1. The second-order valence-corrected chi connectivity index (χ2v) is 8.62. The van der Waals surface area contributed by atoms with E-state index < -0.39 is 11.7 Å². The van der Waals surface area contributed by atoms with Crippen LogP contribution in [0.4, 0.5) is 19.0 Å². The van der Waals surface area contributed by atoms with E-state index in [0.29, 0.717) is 48.5 Å². The molecule has 1 aromatic heterocycles. The summed E-state index contributed by atoms with van der Waals surface area (Å²) in [6.07, 6.45) is 2.81. The molecule has 1 aliphatic rings. The molecule has 2 heterocycles. The summed E-state index contributed by atoms with van der Waals surface area (Å²) in [7, 11) is 0. The first-order valence-electron chi connectivity index (χ1n) is 12.0. The zero-order chi connectivity index (χ0) is 24.6. The maximum Gasteiger partial charge on any atom is 0.416 e. The summed E-state index contributed by atoms with van der Waals surface area (Å²) in [5, 5.41) is 15.2. The van der Waals surface area contributed by atoms with E-state index >= 15 is 0 Å². The zero-order valence-electron chi connectivity index (χ0n) is 19.8. The first-order chi connectivity index (χ1) is 16.4. The molecule has 34 heavy (non-hydrogen) atoms. The number of aromatic nitrogens is 2. The number of amides is 1. The fraction of sp³-hybridized carbons (Fsp3) is 0.560. The average molecular weight is 479 g/mol. The second-order valence-electron chi connectivity index (χ2n) is 8.62. The van der Waals surface area contributed by atoms with Gasteiger partial charge in [-0.25, -0.2) is 0 Å². The molecule has 1 aliphatic heterocycles. The van der Waals surface area contributed by atoms with Gasteiger partial charge in [-0.15, -0.1) is 10.2 Å². The van der Waals surface area contributed by atoms with Gasteiger partial charge in [-0.2, -0.15) is 13.2 Å². The summed E-state index contributed by atoms with van der Waals surface area (Å²) in [5.41, 5.74) is 2.52. The molecule has 1 aromatic carbocycles. The molecule has 2 N–H and O–H groups in total. The normalized spacial score (nSPS) is 14.7. The van der Waals surface area contributed by atoms with Crippen LogP contribution < -0.4 is 10.6 Å². The third-order valence-electron chi connectivity index (χ3n) is 6.20. The molecular weight excluding hydrogens is 445 g/mol. The van der Waals surface area contributed by atoms with Gasteiger partial charge in [0.25, 0.3) is 0 Å². The Hall–Kier alpha value is -2.68. The standard InChI is InChI=1S/C25H33F3N4O2/c1-3-5-6-8-19(4-2)30-24-22(14-29-16-33)21-9-7-12-34-15-17-13-18(25(26,27)28)10-11-20(17)23(21)31-32-24/h10-11,13,16,19H,3-9,12,14-15H2,1-2H3,(H,29,33)(H,30,32)/t19-/m0/s1. The zero-order valence-corrected chi connectivity index (χ0v) is 19.8. The average Bonchev–Trinajstić information content (AvgIpc) is 2.90. The highest BCUT2D eigenvalue weighted by molar-refractivity contribution is 5.71. The minimum atomic E-state index is -4.44. The Morgan fingerprint density at radius 3 is 2.74 bits per heavy atom. The number of halogens is 3. The molecular formula is C25H33F3N4O2. The SMILES string of the molecule is CCCCC[C@H](CC)Nc1nnc2c(c1CNC=O)CCCOCc1cc(C(F)(F)F)ccc1-2. The van der Waals surface area contributed by atoms with Crippen molar-refractivity contribution in [2.24, 2.45) is 0 Å². The lowest BCUT2D eigenvalue weighted by Gasteiger charge is -2.22. The molecule has 3 rings (SSSR count). The van der Waals surface area contributed by atoms with E-state index in [0.717, 1.165) is 55.4 Å². The molecule has 0 spiro atoms. The molecule has 2 aromatic rings. The van der Waals surface area contributed by atoms with Crippen molar-refractivity contribution in [1.29, 1.82) is 0 Å². The number of hydrogen-bond acceptors (Lipinski definition) is 5. The Labute approximate surface area is 198 Å². The van der Waals surface area contributed by atoms with Crippen LogP contribution in [0, 0.1) is 0 Å². The molecule has 0 radical (unpaired) electrons. The Bertz CT molecular complexity index is 966. The predicted octanol–water partition coefficient (Wildman–Crippen LogP) is 5.64. The van der Waals surface area contributed by atoms with Gasteiger partial charge in [0.2, 0.25) is 6.41 Å². The highest BCUT2D eigenvalue weighted by Crippen LogP contribution is 2.36. The summed E-state index contributed by atoms with van der Waals surface area (Å²) < 4.78 is 45.6. The summed E-state index contributed by atoms with van der Waals surface area (Å²) in [4.78, 5) is 11.1. The molecule has 0 saturated carbocycles. The molecule has 1 amide bonds. The number of unbranched alkanes of at least 4 members (excludes halogenated alkanes) is 2. The maximum absolute atomic E-state index is 13.3. The van der Waals surface area contributed by atoms with Crippen molar-refractivity contribution in [3.63, 3.8) is 0 Å². The second kappa shape index (κ2) is 12.1. The van der Waals surface area contributed by atoms with E-state index in [2.05, 4.69) is 34.7 Å². The molecule has 186 valence electrons. The summed E-state index contributed by atoms with van der Waals surface area (Å²) >= 11 is 0. The fourth-order valence-corrected chi connectivity index (χ4v) is 4.31. The number of alkyl halides is 3. The number of anilines is 1. The number of carbonyl (C=O) groups is 1. The third-order valence-corrected chi connectivity index (χ3v) is 6.20. The number of ether oxygens (including phenoxy) is 1. The van der Waals surface area contributed by atoms with E-state index in [9.17, 15) is 18.0 Å². The molecule has 0 aliphatic carbocycles. The maximum atomic E-state index is 13.3. The van der Waals surface area contributed by atoms with Crippen molar-refractivity contribution in [2.75, 3.05) is 11.9 Å². The number of fused-ring (bicyclic) bond motifs is 3. The van der Waals surface area contributed by atoms with Crippen LogP contribution in [0.5, 0.6) is 0 Å². The van der Waals surface area contributed by atoms with Crippen LogP contribution in [-0.2, 0) is 35.3 Å². The number of hydrogen-bond donors (Lipinski definition) is 2. The predicted molar refractivity (Wildman–Crippen MR) is 125 cm³/mol. The lowest BCUT2D eigenvalue weighted by Crippen LogP contribution is -2.23. The smallest absolute Gasteiger partial charge is 0.377 e. The van der Waals surface area contributed by atoms with Crippen LogP contribution in [0.15, 0.2) is 18.2 Å². The Morgan fingerprint density at radius 1 is 1.21 bits per heavy atom.